The number of carbonyl (C=O) groups excluding carboxylic acids is 1. The van der Waals surface area contributed by atoms with Crippen molar-refractivity contribution in [3.8, 4) is 0 Å². The van der Waals surface area contributed by atoms with Crippen LogP contribution in [0.15, 0.2) is 67.0 Å². The van der Waals surface area contributed by atoms with Crippen LogP contribution >= 0.6 is 0 Å². The Morgan fingerprint density at radius 3 is 2.62 bits per heavy atom. The second-order valence-corrected chi connectivity index (χ2v) is 6.24. The number of aromatic nitrogens is 4. The van der Waals surface area contributed by atoms with Crippen molar-refractivity contribution in [1.29, 1.82) is 0 Å². The average molecular weight is 345 g/mol. The van der Waals surface area contributed by atoms with E-state index in [-0.39, 0.29) is 12.5 Å². The van der Waals surface area contributed by atoms with Gasteiger partial charge in [-0.2, -0.15) is 10.2 Å². The van der Waals surface area contributed by atoms with Gasteiger partial charge < -0.3 is 5.32 Å². The standard InChI is InChI=1S/C20H19N5O/c1-15-9-11-25(22-15)14-20(26)21-19-10-12-24(23-19)13-17-7-4-6-16-5-2-3-8-18(16)17/h2-12H,13-14H2,1H3,(H,21,23,26). The van der Waals surface area contributed by atoms with Gasteiger partial charge in [0.1, 0.15) is 6.54 Å². The maximum Gasteiger partial charge on any atom is 0.247 e. The van der Waals surface area contributed by atoms with E-state index in [9.17, 15) is 4.79 Å². The molecule has 6 heteroatoms. The lowest BCUT2D eigenvalue weighted by molar-refractivity contribution is -0.116. The van der Waals surface area contributed by atoms with E-state index < -0.39 is 0 Å². The van der Waals surface area contributed by atoms with Crippen LogP contribution in [-0.2, 0) is 17.9 Å². The van der Waals surface area contributed by atoms with E-state index in [4.69, 9.17) is 0 Å². The first-order valence-corrected chi connectivity index (χ1v) is 8.47. The van der Waals surface area contributed by atoms with Crippen molar-refractivity contribution >= 4 is 22.5 Å². The fourth-order valence-electron chi connectivity index (χ4n) is 3.00. The van der Waals surface area contributed by atoms with Crippen molar-refractivity contribution in [2.45, 2.75) is 20.0 Å². The highest BCUT2D eigenvalue weighted by molar-refractivity contribution is 5.89. The number of fused-ring (bicyclic) bond motifs is 1. The minimum Gasteiger partial charge on any atom is -0.308 e. The second-order valence-electron chi connectivity index (χ2n) is 6.24. The van der Waals surface area contributed by atoms with E-state index in [0.29, 0.717) is 12.4 Å². The Kier molecular flexibility index (Phi) is 4.23. The van der Waals surface area contributed by atoms with Gasteiger partial charge in [0.15, 0.2) is 5.82 Å². The van der Waals surface area contributed by atoms with E-state index in [2.05, 4.69) is 45.8 Å². The Morgan fingerprint density at radius 2 is 1.77 bits per heavy atom. The lowest BCUT2D eigenvalue weighted by atomic mass is 10.0. The summed E-state index contributed by atoms with van der Waals surface area (Å²) in [6, 6.07) is 18.2. The van der Waals surface area contributed by atoms with Gasteiger partial charge in [0.25, 0.3) is 0 Å². The smallest absolute Gasteiger partial charge is 0.247 e. The molecule has 0 aliphatic heterocycles. The predicted octanol–water partition coefficient (Wildman–Crippen LogP) is 3.23. The molecule has 0 saturated carbocycles. The van der Waals surface area contributed by atoms with Crippen LogP contribution in [0.2, 0.25) is 0 Å². The summed E-state index contributed by atoms with van der Waals surface area (Å²) < 4.78 is 3.44. The van der Waals surface area contributed by atoms with Gasteiger partial charge in [-0.3, -0.25) is 14.2 Å². The lowest BCUT2D eigenvalue weighted by Gasteiger charge is -2.07. The summed E-state index contributed by atoms with van der Waals surface area (Å²) in [6.45, 7) is 2.71. The first-order chi connectivity index (χ1) is 12.7. The van der Waals surface area contributed by atoms with E-state index in [1.807, 2.05) is 36.0 Å². The molecule has 4 aromatic rings. The minimum atomic E-state index is -0.150. The number of hydrogen-bond acceptors (Lipinski definition) is 3. The predicted molar refractivity (Wildman–Crippen MR) is 101 cm³/mol. The molecular weight excluding hydrogens is 326 g/mol. The zero-order chi connectivity index (χ0) is 17.9. The fraction of sp³-hybridized carbons (Fsp3) is 0.150. The molecule has 1 amide bonds. The molecule has 6 nitrogen and oxygen atoms in total. The van der Waals surface area contributed by atoms with Crippen LogP contribution in [0.25, 0.3) is 10.8 Å². The van der Waals surface area contributed by atoms with Crippen molar-refractivity contribution in [2.75, 3.05) is 5.32 Å². The summed E-state index contributed by atoms with van der Waals surface area (Å²) in [4.78, 5) is 12.1. The molecule has 0 atom stereocenters. The van der Waals surface area contributed by atoms with E-state index in [1.165, 1.54) is 16.3 Å². The van der Waals surface area contributed by atoms with Crippen LogP contribution in [0.1, 0.15) is 11.3 Å². The number of nitrogens with zero attached hydrogens (tertiary/aromatic N) is 4. The van der Waals surface area contributed by atoms with Crippen LogP contribution in [0.5, 0.6) is 0 Å². The molecule has 1 N–H and O–H groups in total. The first-order valence-electron chi connectivity index (χ1n) is 8.47. The number of carbonyl (C=O) groups is 1. The molecule has 2 heterocycles. The average Bonchev–Trinajstić information content (AvgIpc) is 3.24. The highest BCUT2D eigenvalue weighted by Gasteiger charge is 2.08. The van der Waals surface area contributed by atoms with Gasteiger partial charge in [-0.15, -0.1) is 0 Å². The molecule has 4 rings (SSSR count). The van der Waals surface area contributed by atoms with Crippen molar-refractivity contribution in [1.82, 2.24) is 19.6 Å². The van der Waals surface area contributed by atoms with E-state index >= 15 is 0 Å². The van der Waals surface area contributed by atoms with Crippen LogP contribution in [0.4, 0.5) is 5.82 Å². The summed E-state index contributed by atoms with van der Waals surface area (Å²) in [5, 5.41) is 13.9. The maximum atomic E-state index is 12.1. The highest BCUT2D eigenvalue weighted by atomic mass is 16.2. The molecule has 0 bridgehead atoms. The summed E-state index contributed by atoms with van der Waals surface area (Å²) >= 11 is 0. The fourth-order valence-corrected chi connectivity index (χ4v) is 3.00. The van der Waals surface area contributed by atoms with Gasteiger partial charge in [0.2, 0.25) is 5.91 Å². The summed E-state index contributed by atoms with van der Waals surface area (Å²) in [6.07, 6.45) is 3.66. The maximum absolute atomic E-state index is 12.1. The Bertz CT molecular complexity index is 1060. The van der Waals surface area contributed by atoms with Crippen LogP contribution in [0, 0.1) is 6.92 Å². The molecule has 0 aliphatic rings. The number of nitrogens with one attached hydrogen (secondary N) is 1. The zero-order valence-corrected chi connectivity index (χ0v) is 14.5. The largest absolute Gasteiger partial charge is 0.308 e. The summed E-state index contributed by atoms with van der Waals surface area (Å²) in [7, 11) is 0. The van der Waals surface area contributed by atoms with E-state index in [1.54, 1.807) is 16.9 Å². The quantitative estimate of drug-likeness (QED) is 0.604. The molecule has 0 aliphatic carbocycles. The minimum absolute atomic E-state index is 0.150. The van der Waals surface area contributed by atoms with Gasteiger partial charge >= 0.3 is 0 Å². The summed E-state index contributed by atoms with van der Waals surface area (Å²) in [5.74, 6) is 0.391. The molecular formula is C20H19N5O. The van der Waals surface area contributed by atoms with Crippen LogP contribution in [-0.4, -0.2) is 25.5 Å². The van der Waals surface area contributed by atoms with Gasteiger partial charge in [-0.05, 0) is 29.3 Å². The monoisotopic (exact) mass is 345 g/mol. The molecule has 2 aromatic carbocycles. The van der Waals surface area contributed by atoms with Gasteiger partial charge in [-0.1, -0.05) is 42.5 Å². The van der Waals surface area contributed by atoms with Crippen LogP contribution in [0.3, 0.4) is 0 Å². The number of aryl methyl sites for hydroxylation is 1. The highest BCUT2D eigenvalue weighted by Crippen LogP contribution is 2.19. The third kappa shape index (κ3) is 3.49. The Morgan fingerprint density at radius 1 is 0.962 bits per heavy atom. The van der Waals surface area contributed by atoms with Gasteiger partial charge in [0, 0.05) is 18.5 Å². The number of anilines is 1. The third-order valence-corrected chi connectivity index (χ3v) is 4.20. The topological polar surface area (TPSA) is 64.7 Å². The normalized spacial score (nSPS) is 11.0. The van der Waals surface area contributed by atoms with Gasteiger partial charge in [-0.25, -0.2) is 0 Å². The molecule has 0 spiro atoms. The molecule has 0 saturated heterocycles. The van der Waals surface area contributed by atoms with Crippen molar-refractivity contribution < 1.29 is 4.79 Å². The van der Waals surface area contributed by atoms with Crippen molar-refractivity contribution in [3.05, 3.63) is 78.2 Å². The molecule has 0 radical (unpaired) electrons. The number of rotatable bonds is 5. The van der Waals surface area contributed by atoms with E-state index in [0.717, 1.165) is 5.69 Å². The number of benzene rings is 2. The van der Waals surface area contributed by atoms with Crippen LogP contribution < -0.4 is 5.32 Å². The van der Waals surface area contributed by atoms with Crippen molar-refractivity contribution in [3.63, 3.8) is 0 Å². The number of hydrogen-bond donors (Lipinski definition) is 1. The first kappa shape index (κ1) is 16.1. The third-order valence-electron chi connectivity index (χ3n) is 4.20. The van der Waals surface area contributed by atoms with Gasteiger partial charge in [0.05, 0.1) is 12.2 Å². The SMILES string of the molecule is Cc1ccn(CC(=O)Nc2ccn(Cc3cccc4ccccc34)n2)n1. The Hall–Kier alpha value is -3.41. The zero-order valence-electron chi connectivity index (χ0n) is 14.5. The molecule has 2 aromatic heterocycles. The Labute approximate surface area is 151 Å². The number of amides is 1. The lowest BCUT2D eigenvalue weighted by Crippen LogP contribution is -2.19. The van der Waals surface area contributed by atoms with Crippen molar-refractivity contribution in [2.24, 2.45) is 0 Å². The molecule has 26 heavy (non-hydrogen) atoms. The second kappa shape index (κ2) is 6.84. The Balaban J connectivity index is 1.45. The molecule has 130 valence electrons. The molecule has 0 fully saturated rings. The summed E-state index contributed by atoms with van der Waals surface area (Å²) in [5.41, 5.74) is 2.08. The molecule has 0 unspecified atom stereocenters.